The first-order valence-corrected chi connectivity index (χ1v) is 6.99. The van der Waals surface area contributed by atoms with Gasteiger partial charge in [0.25, 0.3) is 0 Å². The third-order valence-electron chi connectivity index (χ3n) is 3.85. The predicted octanol–water partition coefficient (Wildman–Crippen LogP) is 1.88. The van der Waals surface area contributed by atoms with Crippen LogP contribution in [0.2, 0.25) is 0 Å². The van der Waals surface area contributed by atoms with Crippen LogP contribution >= 0.6 is 0 Å². The molecule has 1 amide bonds. The first-order valence-electron chi connectivity index (χ1n) is 6.99. The first kappa shape index (κ1) is 15.7. The SMILES string of the molecule is CCC(CC(F)(F)F)C(=O)N1CCC(c2nn[nH]n2)CC1. The van der Waals surface area contributed by atoms with Gasteiger partial charge in [0.1, 0.15) is 0 Å². The molecule has 0 saturated carbocycles. The summed E-state index contributed by atoms with van der Waals surface area (Å²) in [5.41, 5.74) is 0. The van der Waals surface area contributed by atoms with Gasteiger partial charge in [-0.2, -0.15) is 18.4 Å². The minimum absolute atomic E-state index is 0.107. The number of carbonyl (C=O) groups is 1. The molecule has 1 fully saturated rings. The molecule has 0 aliphatic carbocycles. The van der Waals surface area contributed by atoms with Crippen molar-refractivity contribution >= 4 is 5.91 Å². The van der Waals surface area contributed by atoms with Crippen LogP contribution < -0.4 is 0 Å². The van der Waals surface area contributed by atoms with E-state index in [1.165, 1.54) is 4.90 Å². The Morgan fingerprint density at radius 3 is 2.57 bits per heavy atom. The van der Waals surface area contributed by atoms with Crippen LogP contribution in [0, 0.1) is 5.92 Å². The van der Waals surface area contributed by atoms with Gasteiger partial charge in [-0.15, -0.1) is 10.2 Å². The summed E-state index contributed by atoms with van der Waals surface area (Å²) in [7, 11) is 0. The third kappa shape index (κ3) is 4.15. The molecular weight excluding hydrogens is 287 g/mol. The van der Waals surface area contributed by atoms with Crippen molar-refractivity contribution in [1.82, 2.24) is 25.5 Å². The average Bonchev–Trinajstić information content (AvgIpc) is 2.97. The zero-order valence-electron chi connectivity index (χ0n) is 11.7. The number of alkyl halides is 3. The first-order chi connectivity index (χ1) is 9.90. The number of rotatable bonds is 4. The van der Waals surface area contributed by atoms with Crippen molar-refractivity contribution in [2.75, 3.05) is 13.1 Å². The van der Waals surface area contributed by atoms with Gasteiger partial charge in [-0.05, 0) is 19.3 Å². The second-order valence-electron chi connectivity index (χ2n) is 5.29. The third-order valence-corrected chi connectivity index (χ3v) is 3.85. The molecule has 1 aliphatic heterocycles. The molecule has 9 heteroatoms. The number of hydrogen-bond acceptors (Lipinski definition) is 4. The molecule has 2 heterocycles. The summed E-state index contributed by atoms with van der Waals surface area (Å²) in [4.78, 5) is 13.7. The molecule has 1 unspecified atom stereocenters. The van der Waals surface area contributed by atoms with Gasteiger partial charge in [-0.1, -0.05) is 12.1 Å². The van der Waals surface area contributed by atoms with Gasteiger partial charge in [0.2, 0.25) is 5.91 Å². The molecule has 0 aromatic carbocycles. The van der Waals surface area contributed by atoms with Crippen LogP contribution in [0.4, 0.5) is 13.2 Å². The maximum Gasteiger partial charge on any atom is 0.389 e. The second-order valence-corrected chi connectivity index (χ2v) is 5.29. The van der Waals surface area contributed by atoms with E-state index in [9.17, 15) is 18.0 Å². The number of nitrogens with zero attached hydrogens (tertiary/aromatic N) is 4. The van der Waals surface area contributed by atoms with Crippen molar-refractivity contribution in [3.05, 3.63) is 5.82 Å². The van der Waals surface area contributed by atoms with Gasteiger partial charge in [-0.25, -0.2) is 0 Å². The molecule has 1 aromatic rings. The molecule has 1 saturated heterocycles. The largest absolute Gasteiger partial charge is 0.389 e. The number of aromatic nitrogens is 4. The highest BCUT2D eigenvalue weighted by molar-refractivity contribution is 5.79. The molecule has 6 nitrogen and oxygen atoms in total. The highest BCUT2D eigenvalue weighted by atomic mass is 19.4. The van der Waals surface area contributed by atoms with Crippen molar-refractivity contribution in [2.24, 2.45) is 5.92 Å². The Labute approximate surface area is 120 Å². The molecule has 0 radical (unpaired) electrons. The Morgan fingerprint density at radius 2 is 2.10 bits per heavy atom. The highest BCUT2D eigenvalue weighted by Crippen LogP contribution is 2.30. The zero-order valence-corrected chi connectivity index (χ0v) is 11.7. The molecule has 1 N–H and O–H groups in total. The van der Waals surface area contributed by atoms with E-state index in [4.69, 9.17) is 0 Å². The predicted molar refractivity (Wildman–Crippen MR) is 67.2 cm³/mol. The van der Waals surface area contributed by atoms with Crippen LogP contribution in [0.3, 0.4) is 0 Å². The normalized spacial score (nSPS) is 18.8. The van der Waals surface area contributed by atoms with Crippen LogP contribution in [0.1, 0.15) is 44.3 Å². The second kappa shape index (κ2) is 6.40. The fourth-order valence-electron chi connectivity index (χ4n) is 2.64. The Hall–Kier alpha value is -1.67. The number of H-pyrrole nitrogens is 1. The minimum Gasteiger partial charge on any atom is -0.342 e. The number of carbonyl (C=O) groups excluding carboxylic acids is 1. The van der Waals surface area contributed by atoms with E-state index in [-0.39, 0.29) is 12.3 Å². The van der Waals surface area contributed by atoms with E-state index in [0.29, 0.717) is 31.8 Å². The van der Waals surface area contributed by atoms with E-state index >= 15 is 0 Å². The van der Waals surface area contributed by atoms with Crippen molar-refractivity contribution in [1.29, 1.82) is 0 Å². The smallest absolute Gasteiger partial charge is 0.342 e. The molecule has 118 valence electrons. The number of likely N-dealkylation sites (tertiary alicyclic amines) is 1. The lowest BCUT2D eigenvalue weighted by molar-refractivity contribution is -0.160. The van der Waals surface area contributed by atoms with Crippen molar-refractivity contribution in [3.8, 4) is 0 Å². The van der Waals surface area contributed by atoms with Crippen LogP contribution in [-0.2, 0) is 4.79 Å². The van der Waals surface area contributed by atoms with Crippen LogP contribution in [0.15, 0.2) is 0 Å². The van der Waals surface area contributed by atoms with E-state index in [1.54, 1.807) is 6.92 Å². The standard InChI is InChI=1S/C12H18F3N5O/c1-2-8(7-12(13,14)15)11(21)20-5-3-9(4-6-20)10-16-18-19-17-10/h8-9H,2-7H2,1H3,(H,16,17,18,19). The lowest BCUT2D eigenvalue weighted by Gasteiger charge is -2.33. The fourth-order valence-corrected chi connectivity index (χ4v) is 2.64. The number of piperidine rings is 1. The maximum atomic E-state index is 12.5. The lowest BCUT2D eigenvalue weighted by atomic mass is 9.93. The summed E-state index contributed by atoms with van der Waals surface area (Å²) >= 11 is 0. The lowest BCUT2D eigenvalue weighted by Crippen LogP contribution is -2.42. The van der Waals surface area contributed by atoms with Gasteiger partial charge >= 0.3 is 6.18 Å². The fraction of sp³-hybridized carbons (Fsp3) is 0.833. The zero-order chi connectivity index (χ0) is 15.5. The Kier molecular flexibility index (Phi) is 4.79. The highest BCUT2D eigenvalue weighted by Gasteiger charge is 2.37. The molecule has 0 bridgehead atoms. The van der Waals surface area contributed by atoms with Crippen LogP contribution in [0.25, 0.3) is 0 Å². The van der Waals surface area contributed by atoms with Gasteiger partial charge in [0.05, 0.1) is 6.42 Å². The maximum absolute atomic E-state index is 12.5. The number of hydrogen-bond donors (Lipinski definition) is 1. The average molecular weight is 305 g/mol. The molecule has 1 aromatic heterocycles. The summed E-state index contributed by atoms with van der Waals surface area (Å²) in [6.45, 7) is 2.49. The van der Waals surface area contributed by atoms with Gasteiger partial charge in [0, 0.05) is 24.9 Å². The summed E-state index contributed by atoms with van der Waals surface area (Å²) in [5.74, 6) is -0.673. The summed E-state index contributed by atoms with van der Waals surface area (Å²) in [6, 6.07) is 0. The van der Waals surface area contributed by atoms with Crippen molar-refractivity contribution < 1.29 is 18.0 Å². The molecule has 2 rings (SSSR count). The molecule has 1 atom stereocenters. The number of tetrazole rings is 1. The van der Waals surface area contributed by atoms with E-state index < -0.39 is 24.4 Å². The van der Waals surface area contributed by atoms with Gasteiger partial charge in [0.15, 0.2) is 5.82 Å². The number of amides is 1. The van der Waals surface area contributed by atoms with E-state index in [0.717, 1.165) is 0 Å². The Morgan fingerprint density at radius 1 is 1.43 bits per heavy atom. The summed E-state index contributed by atoms with van der Waals surface area (Å²) < 4.78 is 37.4. The van der Waals surface area contributed by atoms with Gasteiger partial charge < -0.3 is 4.90 Å². The Balaban J connectivity index is 1.90. The van der Waals surface area contributed by atoms with E-state index in [1.807, 2.05) is 0 Å². The van der Waals surface area contributed by atoms with Crippen LogP contribution in [-0.4, -0.2) is 50.7 Å². The van der Waals surface area contributed by atoms with Crippen LogP contribution in [0.5, 0.6) is 0 Å². The molecule has 0 spiro atoms. The molecular formula is C12H18F3N5O. The number of aromatic amines is 1. The molecule has 1 aliphatic rings. The minimum atomic E-state index is -4.31. The van der Waals surface area contributed by atoms with E-state index in [2.05, 4.69) is 20.6 Å². The summed E-state index contributed by atoms with van der Waals surface area (Å²) in [6.07, 6.45) is -3.86. The Bertz CT molecular complexity index is 454. The monoisotopic (exact) mass is 305 g/mol. The topological polar surface area (TPSA) is 74.8 Å². The quantitative estimate of drug-likeness (QED) is 0.921. The van der Waals surface area contributed by atoms with Crippen molar-refractivity contribution in [3.63, 3.8) is 0 Å². The van der Waals surface area contributed by atoms with Gasteiger partial charge in [-0.3, -0.25) is 4.79 Å². The summed E-state index contributed by atoms with van der Waals surface area (Å²) in [5, 5.41) is 13.7. The number of nitrogens with one attached hydrogen (secondary N) is 1. The van der Waals surface area contributed by atoms with Crippen molar-refractivity contribution in [2.45, 2.75) is 44.7 Å². The molecule has 21 heavy (non-hydrogen) atoms. The number of halogens is 3.